The van der Waals surface area contributed by atoms with Gasteiger partial charge in [-0.15, -0.1) is 0 Å². The average molecular weight is 438 g/mol. The van der Waals surface area contributed by atoms with E-state index < -0.39 is 41.5 Å². The number of fused-ring (bicyclic) bond motifs is 2. The Morgan fingerprint density at radius 1 is 1.12 bits per heavy atom. The number of phenols is 1. The number of allylic oxidation sites excluding steroid dienone is 5. The summed E-state index contributed by atoms with van der Waals surface area (Å²) < 4.78 is 0. The molecule has 166 valence electrons. The van der Waals surface area contributed by atoms with E-state index in [1.807, 2.05) is 0 Å². The predicted octanol–water partition coefficient (Wildman–Crippen LogP) is 1.46. The summed E-state index contributed by atoms with van der Waals surface area (Å²) in [7, 11) is 0. The van der Waals surface area contributed by atoms with Crippen LogP contribution in [-0.2, 0) is 14.4 Å². The lowest BCUT2D eigenvalue weighted by Crippen LogP contribution is -2.40. The molecule has 0 saturated carbocycles. The fraction of sp³-hybridized carbons (Fsp3) is 0.217. The largest absolute Gasteiger partial charge is 0.508 e. The summed E-state index contributed by atoms with van der Waals surface area (Å²) in [6.45, 7) is 1.49. The molecule has 1 aliphatic carbocycles. The molecule has 1 aromatic rings. The molecule has 0 spiro atoms. The Balaban J connectivity index is 2.00. The van der Waals surface area contributed by atoms with Crippen LogP contribution in [0.4, 0.5) is 5.69 Å². The van der Waals surface area contributed by atoms with Gasteiger partial charge in [-0.1, -0.05) is 31.2 Å². The van der Waals surface area contributed by atoms with Gasteiger partial charge in [-0.3, -0.25) is 14.4 Å². The molecule has 3 atom stereocenters. The van der Waals surface area contributed by atoms with Gasteiger partial charge in [0.1, 0.15) is 5.75 Å². The van der Waals surface area contributed by atoms with Crippen molar-refractivity contribution in [3.05, 3.63) is 71.5 Å². The zero-order valence-electron chi connectivity index (χ0n) is 17.1. The van der Waals surface area contributed by atoms with E-state index in [1.165, 1.54) is 25.1 Å². The number of nitrogens with one attached hydrogen (secondary N) is 2. The highest BCUT2D eigenvalue weighted by Crippen LogP contribution is 2.25. The predicted molar refractivity (Wildman–Crippen MR) is 115 cm³/mol. The van der Waals surface area contributed by atoms with Crippen LogP contribution in [0.1, 0.15) is 23.7 Å². The number of hydrogen-bond acceptors (Lipinski definition) is 7. The maximum Gasteiger partial charge on any atom is 0.335 e. The van der Waals surface area contributed by atoms with Crippen LogP contribution in [0.3, 0.4) is 0 Å². The summed E-state index contributed by atoms with van der Waals surface area (Å²) in [5.74, 6) is -4.11. The number of aromatic hydroxyl groups is 1. The average Bonchev–Trinajstić information content (AvgIpc) is 2.73. The highest BCUT2D eigenvalue weighted by molar-refractivity contribution is 6.21. The van der Waals surface area contributed by atoms with Crippen molar-refractivity contribution < 1.29 is 34.5 Å². The van der Waals surface area contributed by atoms with Gasteiger partial charge in [0.25, 0.3) is 0 Å². The van der Waals surface area contributed by atoms with Gasteiger partial charge in [0.05, 0.1) is 29.3 Å². The highest BCUT2D eigenvalue weighted by atomic mass is 16.4. The van der Waals surface area contributed by atoms with E-state index in [0.29, 0.717) is 0 Å². The first kappa shape index (κ1) is 22.7. The van der Waals surface area contributed by atoms with Crippen LogP contribution in [-0.4, -0.2) is 50.9 Å². The highest BCUT2D eigenvalue weighted by Gasteiger charge is 2.30. The SMILES string of the molecule is C[C@H]1C(=O)NC2=CC(=O)C=C(C2=O)[C@@H](Nc2cc(O)cc(C(=O)O)c2)C/C=C/C=C/[C@H]1O. The quantitative estimate of drug-likeness (QED) is 0.445. The van der Waals surface area contributed by atoms with Crippen molar-refractivity contribution in [2.45, 2.75) is 25.5 Å². The monoisotopic (exact) mass is 438 g/mol. The number of phenolic OH excluding ortho intramolecular Hbond substituents is 1. The Labute approximate surface area is 183 Å². The van der Waals surface area contributed by atoms with Crippen molar-refractivity contribution in [2.75, 3.05) is 5.32 Å². The van der Waals surface area contributed by atoms with Crippen molar-refractivity contribution in [1.82, 2.24) is 5.32 Å². The Morgan fingerprint density at radius 3 is 2.59 bits per heavy atom. The number of aromatic carboxylic acids is 1. The fourth-order valence-electron chi connectivity index (χ4n) is 3.30. The van der Waals surface area contributed by atoms with Crippen molar-refractivity contribution in [1.29, 1.82) is 0 Å². The minimum atomic E-state index is -1.24. The smallest absolute Gasteiger partial charge is 0.335 e. The Kier molecular flexibility index (Phi) is 6.70. The number of carboxylic acids is 1. The number of aliphatic hydroxyl groups is 1. The third-order valence-corrected chi connectivity index (χ3v) is 5.08. The molecule has 0 unspecified atom stereocenters. The molecule has 0 saturated heterocycles. The molecule has 2 bridgehead atoms. The number of amides is 1. The molecular weight excluding hydrogens is 416 g/mol. The van der Waals surface area contributed by atoms with E-state index in [2.05, 4.69) is 10.6 Å². The van der Waals surface area contributed by atoms with Crippen molar-refractivity contribution in [3.8, 4) is 5.75 Å². The van der Waals surface area contributed by atoms with E-state index in [9.17, 15) is 34.5 Å². The third kappa shape index (κ3) is 5.19. The summed E-state index contributed by atoms with van der Waals surface area (Å²) in [4.78, 5) is 49.1. The number of anilines is 1. The number of ketones is 2. The fourth-order valence-corrected chi connectivity index (χ4v) is 3.30. The number of hydrogen-bond donors (Lipinski definition) is 5. The molecule has 1 amide bonds. The molecular formula is C23H22N2O7. The van der Waals surface area contributed by atoms with Crippen LogP contribution in [0.5, 0.6) is 5.75 Å². The van der Waals surface area contributed by atoms with Crippen molar-refractivity contribution >= 4 is 29.1 Å². The van der Waals surface area contributed by atoms with E-state index in [4.69, 9.17) is 0 Å². The van der Waals surface area contributed by atoms with Gasteiger partial charge < -0.3 is 26.0 Å². The van der Waals surface area contributed by atoms with Gasteiger partial charge in [0, 0.05) is 23.4 Å². The van der Waals surface area contributed by atoms with Gasteiger partial charge in [-0.2, -0.15) is 0 Å². The molecule has 2 aliphatic rings. The number of carbonyl (C=O) groups is 4. The Morgan fingerprint density at radius 2 is 1.88 bits per heavy atom. The number of aliphatic hydroxyl groups excluding tert-OH is 1. The zero-order chi connectivity index (χ0) is 23.4. The molecule has 9 heteroatoms. The normalized spacial score (nSPS) is 25.8. The molecule has 1 heterocycles. The molecule has 0 aromatic heterocycles. The molecule has 0 fully saturated rings. The summed E-state index contributed by atoms with van der Waals surface area (Å²) in [6, 6.07) is 2.89. The van der Waals surface area contributed by atoms with Gasteiger partial charge in [-0.25, -0.2) is 4.79 Å². The minimum Gasteiger partial charge on any atom is -0.508 e. The van der Waals surface area contributed by atoms with Crippen molar-refractivity contribution in [3.63, 3.8) is 0 Å². The van der Waals surface area contributed by atoms with Crippen LogP contribution in [0.15, 0.2) is 65.9 Å². The Hall–Kier alpha value is -3.98. The standard InChI is InChI=1S/C23H22N2O7/c1-12-20(28)6-4-2-3-5-18(24-14-7-13(23(31)32)8-15(26)9-14)17-10-16(27)11-19(21(17)29)25-22(12)30/h2-4,6-12,18,20,24,26,28H,5H2,1H3,(H,25,30)(H,31,32)/b3-2+,6-4+/t12-,18+,20-/m1/s1. The molecule has 1 aromatic carbocycles. The molecule has 9 nitrogen and oxygen atoms in total. The molecule has 1 aliphatic heterocycles. The first-order valence-electron chi connectivity index (χ1n) is 9.84. The topological polar surface area (TPSA) is 153 Å². The Bertz CT molecular complexity index is 1100. The first-order valence-corrected chi connectivity index (χ1v) is 9.84. The van der Waals surface area contributed by atoms with Gasteiger partial charge in [-0.05, 0) is 24.6 Å². The van der Waals surface area contributed by atoms with Crippen LogP contribution in [0, 0.1) is 5.92 Å². The number of rotatable bonds is 3. The van der Waals surface area contributed by atoms with E-state index >= 15 is 0 Å². The summed E-state index contributed by atoms with van der Waals surface area (Å²) >= 11 is 0. The third-order valence-electron chi connectivity index (χ3n) is 5.08. The zero-order valence-corrected chi connectivity index (χ0v) is 17.1. The van der Waals surface area contributed by atoms with E-state index in [-0.39, 0.29) is 34.7 Å². The molecule has 0 radical (unpaired) electrons. The second kappa shape index (κ2) is 9.44. The lowest BCUT2D eigenvalue weighted by atomic mass is 9.91. The lowest BCUT2D eigenvalue weighted by Gasteiger charge is -2.24. The van der Waals surface area contributed by atoms with E-state index in [1.54, 1.807) is 18.2 Å². The van der Waals surface area contributed by atoms with Crippen LogP contribution >= 0.6 is 0 Å². The maximum absolute atomic E-state index is 13.1. The van der Waals surface area contributed by atoms with Gasteiger partial charge >= 0.3 is 5.97 Å². The van der Waals surface area contributed by atoms with E-state index in [0.717, 1.165) is 18.2 Å². The molecule has 5 N–H and O–H groups in total. The minimum absolute atomic E-state index is 0.0640. The molecule has 32 heavy (non-hydrogen) atoms. The number of Topliss-reactive ketones (excluding diaryl/α,β-unsaturated/α-hetero) is 1. The molecule has 3 rings (SSSR count). The summed E-state index contributed by atoms with van der Waals surface area (Å²) in [6.07, 6.45) is 7.59. The first-order chi connectivity index (χ1) is 15.2. The maximum atomic E-state index is 13.1. The number of benzene rings is 1. The summed E-state index contributed by atoms with van der Waals surface area (Å²) in [5, 5.41) is 34.6. The second-order valence-electron chi connectivity index (χ2n) is 7.48. The number of carbonyl (C=O) groups excluding carboxylic acids is 3. The van der Waals surface area contributed by atoms with Crippen LogP contribution in [0.2, 0.25) is 0 Å². The number of carboxylic acid groups (broad SMARTS) is 1. The van der Waals surface area contributed by atoms with Gasteiger partial charge in [0.15, 0.2) is 5.78 Å². The van der Waals surface area contributed by atoms with Crippen molar-refractivity contribution in [2.24, 2.45) is 5.92 Å². The van der Waals surface area contributed by atoms with Gasteiger partial charge in [0.2, 0.25) is 11.7 Å². The van der Waals surface area contributed by atoms with Crippen LogP contribution in [0.25, 0.3) is 0 Å². The second-order valence-corrected chi connectivity index (χ2v) is 7.48. The lowest BCUT2D eigenvalue weighted by molar-refractivity contribution is -0.127. The van der Waals surface area contributed by atoms with Crippen LogP contribution < -0.4 is 10.6 Å². The summed E-state index contributed by atoms with van der Waals surface area (Å²) in [5.41, 5.74) is -0.0794.